The molecule has 0 saturated carbocycles. The van der Waals surface area contributed by atoms with Crippen molar-refractivity contribution in [3.63, 3.8) is 0 Å². The van der Waals surface area contributed by atoms with Crippen LogP contribution in [0.3, 0.4) is 0 Å². The van der Waals surface area contributed by atoms with Crippen molar-refractivity contribution in [1.29, 1.82) is 0 Å². The fraction of sp³-hybridized carbons (Fsp3) is 0.450. The van der Waals surface area contributed by atoms with Crippen LogP contribution in [0.5, 0.6) is 0 Å². The Labute approximate surface area is 129 Å². The quantitative estimate of drug-likeness (QED) is 0.359. The SMILES string of the molecule is CC1=C(/[14CH]=C/C(C)=C/C=C/C(C)=C/C=O)C(C)(C)CCC1. The Hall–Kier alpha value is -1.63. The smallest absolute Gasteiger partial charge is 0.143 e. The van der Waals surface area contributed by atoms with E-state index < -0.39 is 0 Å². The molecule has 0 amide bonds. The minimum Gasteiger partial charge on any atom is -0.299 e. The lowest BCUT2D eigenvalue weighted by Crippen LogP contribution is -2.19. The Morgan fingerprint density at radius 3 is 2.52 bits per heavy atom. The minimum absolute atomic E-state index is 0.290. The van der Waals surface area contributed by atoms with Gasteiger partial charge in [0.2, 0.25) is 0 Å². The van der Waals surface area contributed by atoms with E-state index in [-0.39, 0.29) is 5.41 Å². The largest absolute Gasteiger partial charge is 0.299 e. The topological polar surface area (TPSA) is 17.1 Å². The summed E-state index contributed by atoms with van der Waals surface area (Å²) in [5.74, 6) is 0. The molecular formula is C20H28O. The fourth-order valence-electron chi connectivity index (χ4n) is 2.80. The normalized spacial score (nSPS) is 20.6. The monoisotopic (exact) mass is 286 g/mol. The lowest BCUT2D eigenvalue weighted by molar-refractivity contribution is -0.104. The van der Waals surface area contributed by atoms with Crippen LogP contribution in [0.15, 0.2) is 58.7 Å². The number of allylic oxidation sites excluding steroid dienone is 10. The maximum atomic E-state index is 10.3. The Balaban J connectivity index is 2.80. The highest BCUT2D eigenvalue weighted by Crippen LogP contribution is 2.40. The molecule has 114 valence electrons. The van der Waals surface area contributed by atoms with Gasteiger partial charge in [0.1, 0.15) is 6.29 Å². The van der Waals surface area contributed by atoms with Crippen molar-refractivity contribution in [3.05, 3.63) is 58.7 Å². The van der Waals surface area contributed by atoms with Gasteiger partial charge >= 0.3 is 0 Å². The predicted octanol–water partition coefficient (Wildman–Crippen LogP) is 5.72. The van der Waals surface area contributed by atoms with Crippen LogP contribution in [0.4, 0.5) is 0 Å². The van der Waals surface area contributed by atoms with Gasteiger partial charge < -0.3 is 0 Å². The van der Waals surface area contributed by atoms with E-state index in [4.69, 9.17) is 0 Å². The second-order valence-electron chi connectivity index (χ2n) is 6.58. The zero-order chi connectivity index (χ0) is 15.9. The number of carbonyl (C=O) groups is 1. The molecule has 1 nitrogen and oxygen atoms in total. The van der Waals surface area contributed by atoms with Gasteiger partial charge in [0, 0.05) is 0 Å². The Kier molecular flexibility index (Phi) is 6.61. The molecule has 0 aromatic carbocycles. The summed E-state index contributed by atoms with van der Waals surface area (Å²) < 4.78 is 0. The van der Waals surface area contributed by atoms with Crippen LogP contribution >= 0.6 is 0 Å². The van der Waals surface area contributed by atoms with Crippen molar-refractivity contribution in [3.8, 4) is 0 Å². The van der Waals surface area contributed by atoms with Crippen LogP contribution in [0, 0.1) is 5.41 Å². The summed E-state index contributed by atoms with van der Waals surface area (Å²) in [6, 6.07) is 0. The lowest BCUT2D eigenvalue weighted by Gasteiger charge is -2.32. The minimum atomic E-state index is 0.290. The summed E-state index contributed by atoms with van der Waals surface area (Å²) in [7, 11) is 0. The summed E-state index contributed by atoms with van der Waals surface area (Å²) in [5, 5.41) is 0. The van der Waals surface area contributed by atoms with Crippen molar-refractivity contribution in [2.24, 2.45) is 5.41 Å². The zero-order valence-corrected chi connectivity index (χ0v) is 14.1. The molecule has 1 aliphatic rings. The van der Waals surface area contributed by atoms with Crippen molar-refractivity contribution < 1.29 is 4.79 Å². The molecule has 1 heteroatoms. The number of hydrogen-bond donors (Lipinski definition) is 0. The van der Waals surface area contributed by atoms with Gasteiger partial charge in [-0.15, -0.1) is 0 Å². The standard InChI is InChI=1S/C20H28O/c1-16(8-6-9-17(2)13-15-21)11-12-19-18(3)10-7-14-20(19,4)5/h6,8-9,11-13,15H,7,10,14H2,1-5H3/b9-6+,12-11+,16-8+,17-13+/i12+2. The average molecular weight is 286 g/mol. The molecule has 0 atom stereocenters. The van der Waals surface area contributed by atoms with Crippen molar-refractivity contribution in [2.45, 2.75) is 53.9 Å². The Bertz CT molecular complexity index is 522. The third-order valence-electron chi connectivity index (χ3n) is 4.10. The number of aldehydes is 1. The van der Waals surface area contributed by atoms with Gasteiger partial charge in [-0.25, -0.2) is 0 Å². The van der Waals surface area contributed by atoms with Crippen LogP contribution in [-0.2, 0) is 4.79 Å². The fourth-order valence-corrected chi connectivity index (χ4v) is 2.80. The van der Waals surface area contributed by atoms with E-state index in [9.17, 15) is 4.79 Å². The number of hydrogen-bond acceptors (Lipinski definition) is 1. The van der Waals surface area contributed by atoms with E-state index in [2.05, 4.69) is 45.9 Å². The number of rotatable bonds is 5. The second-order valence-corrected chi connectivity index (χ2v) is 6.58. The molecule has 0 aromatic heterocycles. The van der Waals surface area contributed by atoms with E-state index in [1.165, 1.54) is 36.0 Å². The summed E-state index contributed by atoms with van der Waals surface area (Å²) in [5.41, 5.74) is 5.48. The van der Waals surface area contributed by atoms with Gasteiger partial charge in [-0.2, -0.15) is 0 Å². The van der Waals surface area contributed by atoms with E-state index in [0.717, 1.165) is 11.9 Å². The molecule has 0 saturated heterocycles. The average Bonchev–Trinajstić information content (AvgIpc) is 2.37. The lowest BCUT2D eigenvalue weighted by atomic mass is 9.77. The Morgan fingerprint density at radius 1 is 1.19 bits per heavy atom. The van der Waals surface area contributed by atoms with Crippen LogP contribution in [0.25, 0.3) is 0 Å². The molecule has 1 rings (SSSR count). The molecule has 0 radical (unpaired) electrons. The van der Waals surface area contributed by atoms with Crippen molar-refractivity contribution in [1.82, 2.24) is 0 Å². The van der Waals surface area contributed by atoms with E-state index in [0.29, 0.717) is 0 Å². The van der Waals surface area contributed by atoms with E-state index in [1.54, 1.807) is 6.08 Å². The highest BCUT2D eigenvalue weighted by molar-refractivity contribution is 5.66. The summed E-state index contributed by atoms with van der Waals surface area (Å²) in [6.45, 7) is 10.9. The molecule has 0 N–H and O–H groups in total. The third-order valence-corrected chi connectivity index (χ3v) is 4.10. The third kappa shape index (κ3) is 5.71. The van der Waals surface area contributed by atoms with Gasteiger partial charge in [0.05, 0.1) is 0 Å². The van der Waals surface area contributed by atoms with Crippen molar-refractivity contribution in [2.75, 3.05) is 0 Å². The highest BCUT2D eigenvalue weighted by atomic mass is 16.1. The van der Waals surface area contributed by atoms with Crippen LogP contribution in [0.2, 0.25) is 0 Å². The first-order valence-electron chi connectivity index (χ1n) is 7.72. The predicted molar refractivity (Wildman–Crippen MR) is 92.2 cm³/mol. The van der Waals surface area contributed by atoms with Gasteiger partial charge in [-0.05, 0) is 62.7 Å². The molecule has 1 aliphatic carbocycles. The Morgan fingerprint density at radius 2 is 1.90 bits per heavy atom. The van der Waals surface area contributed by atoms with Crippen LogP contribution in [0.1, 0.15) is 53.9 Å². The number of carbonyl (C=O) groups excluding carboxylic acids is 1. The summed E-state index contributed by atoms with van der Waals surface area (Å²) in [6.07, 6.45) is 16.6. The molecule has 21 heavy (non-hydrogen) atoms. The molecule has 0 bridgehead atoms. The first-order chi connectivity index (χ1) is 9.86. The first-order valence-corrected chi connectivity index (χ1v) is 7.72. The van der Waals surface area contributed by atoms with Gasteiger partial charge in [-0.3, -0.25) is 4.79 Å². The molecule has 0 unspecified atom stereocenters. The summed E-state index contributed by atoms with van der Waals surface area (Å²) >= 11 is 0. The van der Waals surface area contributed by atoms with Crippen LogP contribution in [-0.4, -0.2) is 6.29 Å². The van der Waals surface area contributed by atoms with E-state index in [1.807, 2.05) is 19.1 Å². The van der Waals surface area contributed by atoms with Gasteiger partial charge in [0.25, 0.3) is 0 Å². The van der Waals surface area contributed by atoms with Gasteiger partial charge in [0.15, 0.2) is 0 Å². The van der Waals surface area contributed by atoms with Crippen molar-refractivity contribution >= 4 is 6.29 Å². The highest BCUT2D eigenvalue weighted by Gasteiger charge is 2.26. The van der Waals surface area contributed by atoms with E-state index >= 15 is 0 Å². The van der Waals surface area contributed by atoms with Gasteiger partial charge in [-0.1, -0.05) is 55.4 Å². The maximum absolute atomic E-state index is 10.3. The molecule has 0 aromatic rings. The maximum Gasteiger partial charge on any atom is 0.143 e. The molecule has 0 heterocycles. The second kappa shape index (κ2) is 7.97. The first kappa shape index (κ1) is 17.4. The molecular weight excluding hydrogens is 258 g/mol. The molecule has 0 aliphatic heterocycles. The molecule has 0 fully saturated rings. The van der Waals surface area contributed by atoms with Crippen LogP contribution < -0.4 is 0 Å². The zero-order valence-electron chi connectivity index (χ0n) is 14.1. The summed E-state index contributed by atoms with van der Waals surface area (Å²) in [4.78, 5) is 10.3. The molecule has 0 spiro atoms.